The molecule has 0 spiro atoms. The first-order valence-corrected chi connectivity index (χ1v) is 9.12. The van der Waals surface area contributed by atoms with Crippen molar-refractivity contribution in [1.29, 1.82) is 5.26 Å². The van der Waals surface area contributed by atoms with Crippen LogP contribution in [0.5, 0.6) is 0 Å². The van der Waals surface area contributed by atoms with Gasteiger partial charge in [-0.05, 0) is 12.1 Å². The van der Waals surface area contributed by atoms with Crippen LogP contribution in [-0.2, 0) is 11.3 Å². The summed E-state index contributed by atoms with van der Waals surface area (Å²) in [6, 6.07) is 8.15. The molecule has 1 aliphatic heterocycles. The van der Waals surface area contributed by atoms with E-state index in [0.717, 1.165) is 39.4 Å². The molecule has 0 saturated carbocycles. The number of rotatable bonds is 9. The SMILES string of the molecule is N#CCCN(CCN1CCOCC1)Cc1nnc(-c2ccc([N+](=O)[O-])cc2)o1. The molecule has 28 heavy (non-hydrogen) atoms. The van der Waals surface area contributed by atoms with Crippen molar-refractivity contribution in [2.75, 3.05) is 45.9 Å². The Morgan fingerprint density at radius 1 is 1.21 bits per heavy atom. The standard InChI is InChI=1S/C18H22N6O4/c19-6-1-7-23(9-8-22-10-12-27-13-11-22)14-17-20-21-18(28-17)15-2-4-16(5-3-15)24(25)26/h2-5H,1,7-14H2. The van der Waals surface area contributed by atoms with Crippen molar-refractivity contribution in [2.24, 2.45) is 0 Å². The Morgan fingerprint density at radius 2 is 1.96 bits per heavy atom. The smallest absolute Gasteiger partial charge is 0.269 e. The first-order valence-electron chi connectivity index (χ1n) is 9.12. The lowest BCUT2D eigenvalue weighted by Crippen LogP contribution is -2.41. The van der Waals surface area contributed by atoms with Crippen molar-refractivity contribution < 1.29 is 14.1 Å². The largest absolute Gasteiger partial charge is 0.419 e. The van der Waals surface area contributed by atoms with E-state index < -0.39 is 4.92 Å². The van der Waals surface area contributed by atoms with Crippen LogP contribution in [0.2, 0.25) is 0 Å². The van der Waals surface area contributed by atoms with E-state index in [1.165, 1.54) is 12.1 Å². The highest BCUT2D eigenvalue weighted by molar-refractivity contribution is 5.55. The monoisotopic (exact) mass is 386 g/mol. The average molecular weight is 386 g/mol. The van der Waals surface area contributed by atoms with Crippen molar-refractivity contribution >= 4 is 5.69 Å². The quantitative estimate of drug-likeness (QED) is 0.468. The third-order valence-electron chi connectivity index (χ3n) is 4.53. The minimum absolute atomic E-state index is 0.00859. The number of nitrogens with zero attached hydrogens (tertiary/aromatic N) is 6. The number of morpholine rings is 1. The van der Waals surface area contributed by atoms with Crippen LogP contribution in [0, 0.1) is 21.4 Å². The Balaban J connectivity index is 1.60. The fourth-order valence-corrected chi connectivity index (χ4v) is 2.94. The topological polar surface area (TPSA) is 122 Å². The number of hydrogen-bond acceptors (Lipinski definition) is 9. The Morgan fingerprint density at radius 3 is 2.64 bits per heavy atom. The molecule has 0 amide bonds. The van der Waals surface area contributed by atoms with Gasteiger partial charge in [0.05, 0.1) is 30.8 Å². The molecular weight excluding hydrogens is 364 g/mol. The zero-order valence-electron chi connectivity index (χ0n) is 15.5. The first kappa shape index (κ1) is 19.9. The first-order chi connectivity index (χ1) is 13.7. The molecule has 1 aliphatic rings. The molecule has 0 aliphatic carbocycles. The Bertz CT molecular complexity index is 810. The summed E-state index contributed by atoms with van der Waals surface area (Å²) in [5.41, 5.74) is 0.635. The van der Waals surface area contributed by atoms with Gasteiger partial charge in [-0.1, -0.05) is 0 Å². The van der Waals surface area contributed by atoms with Gasteiger partial charge >= 0.3 is 0 Å². The van der Waals surface area contributed by atoms with Crippen molar-refractivity contribution in [2.45, 2.75) is 13.0 Å². The molecular formula is C18H22N6O4. The molecule has 0 N–H and O–H groups in total. The molecule has 0 bridgehead atoms. The second kappa shape index (κ2) is 9.89. The van der Waals surface area contributed by atoms with Crippen molar-refractivity contribution in [3.8, 4) is 17.5 Å². The van der Waals surface area contributed by atoms with Crippen LogP contribution in [0.1, 0.15) is 12.3 Å². The fourth-order valence-electron chi connectivity index (χ4n) is 2.94. The summed E-state index contributed by atoms with van der Waals surface area (Å²) in [5, 5.41) is 27.8. The van der Waals surface area contributed by atoms with Crippen LogP contribution in [0.4, 0.5) is 5.69 Å². The molecule has 3 rings (SSSR count). The number of non-ortho nitro benzene ring substituents is 1. The fraction of sp³-hybridized carbons (Fsp3) is 0.500. The van der Waals surface area contributed by atoms with Gasteiger partial charge in [-0.25, -0.2) is 0 Å². The van der Waals surface area contributed by atoms with Gasteiger partial charge < -0.3 is 9.15 Å². The molecule has 0 unspecified atom stereocenters. The predicted molar refractivity (Wildman–Crippen MR) is 99.2 cm³/mol. The number of nitro benzene ring substituents is 1. The maximum atomic E-state index is 10.8. The van der Waals surface area contributed by atoms with Gasteiger partial charge in [0, 0.05) is 56.8 Å². The van der Waals surface area contributed by atoms with E-state index in [2.05, 4.69) is 26.1 Å². The van der Waals surface area contributed by atoms with Crippen LogP contribution >= 0.6 is 0 Å². The Labute approximate surface area is 162 Å². The van der Waals surface area contributed by atoms with Crippen LogP contribution in [0.25, 0.3) is 11.5 Å². The lowest BCUT2D eigenvalue weighted by Gasteiger charge is -2.29. The van der Waals surface area contributed by atoms with E-state index in [0.29, 0.717) is 36.9 Å². The number of hydrogen-bond donors (Lipinski definition) is 0. The number of ether oxygens (including phenoxy) is 1. The Hall–Kier alpha value is -2.87. The maximum Gasteiger partial charge on any atom is 0.269 e. The van der Waals surface area contributed by atoms with Gasteiger partial charge in [-0.15, -0.1) is 10.2 Å². The van der Waals surface area contributed by atoms with Gasteiger partial charge in [0.2, 0.25) is 11.8 Å². The highest BCUT2D eigenvalue weighted by Gasteiger charge is 2.16. The minimum Gasteiger partial charge on any atom is -0.419 e. The molecule has 2 aromatic rings. The summed E-state index contributed by atoms with van der Waals surface area (Å²) in [5.74, 6) is 0.770. The number of aromatic nitrogens is 2. The predicted octanol–water partition coefficient (Wildman–Crippen LogP) is 1.69. The lowest BCUT2D eigenvalue weighted by molar-refractivity contribution is -0.384. The maximum absolute atomic E-state index is 10.8. The van der Waals surface area contributed by atoms with Crippen LogP contribution in [0.3, 0.4) is 0 Å². The van der Waals surface area contributed by atoms with Crippen molar-refractivity contribution in [3.05, 3.63) is 40.3 Å². The number of benzene rings is 1. The number of nitro groups is 1. The van der Waals surface area contributed by atoms with E-state index in [1.54, 1.807) is 12.1 Å². The minimum atomic E-state index is -0.454. The summed E-state index contributed by atoms with van der Waals surface area (Å²) in [4.78, 5) is 14.7. The molecule has 0 atom stereocenters. The van der Waals surface area contributed by atoms with Gasteiger partial charge in [-0.2, -0.15) is 5.26 Å². The molecule has 0 radical (unpaired) electrons. The van der Waals surface area contributed by atoms with E-state index >= 15 is 0 Å². The summed E-state index contributed by atoms with van der Waals surface area (Å²) < 4.78 is 11.1. The molecule has 148 valence electrons. The van der Waals surface area contributed by atoms with Gasteiger partial charge in [-0.3, -0.25) is 19.9 Å². The second-order valence-corrected chi connectivity index (χ2v) is 6.44. The lowest BCUT2D eigenvalue weighted by atomic mass is 10.2. The van der Waals surface area contributed by atoms with Crippen molar-refractivity contribution in [1.82, 2.24) is 20.0 Å². The third kappa shape index (κ3) is 5.56. The summed E-state index contributed by atoms with van der Waals surface area (Å²) in [7, 11) is 0. The average Bonchev–Trinajstić information content (AvgIpc) is 3.19. The van der Waals surface area contributed by atoms with Crippen LogP contribution in [0.15, 0.2) is 28.7 Å². The number of nitriles is 1. The summed E-state index contributed by atoms with van der Waals surface area (Å²) in [6.07, 6.45) is 0.423. The molecule has 1 saturated heterocycles. The molecule has 10 nitrogen and oxygen atoms in total. The van der Waals surface area contributed by atoms with E-state index in [4.69, 9.17) is 14.4 Å². The highest BCUT2D eigenvalue weighted by Crippen LogP contribution is 2.21. The van der Waals surface area contributed by atoms with E-state index in [1.807, 2.05) is 0 Å². The Kier molecular flexibility index (Phi) is 7.02. The molecule has 1 aromatic carbocycles. The van der Waals surface area contributed by atoms with Crippen LogP contribution in [-0.4, -0.2) is 70.9 Å². The van der Waals surface area contributed by atoms with E-state index in [-0.39, 0.29) is 5.69 Å². The van der Waals surface area contributed by atoms with E-state index in [9.17, 15) is 10.1 Å². The van der Waals surface area contributed by atoms with Crippen LogP contribution < -0.4 is 0 Å². The van der Waals surface area contributed by atoms with Crippen molar-refractivity contribution in [3.63, 3.8) is 0 Å². The van der Waals surface area contributed by atoms with Gasteiger partial charge in [0.1, 0.15) is 0 Å². The second-order valence-electron chi connectivity index (χ2n) is 6.44. The molecule has 2 heterocycles. The zero-order chi connectivity index (χ0) is 19.8. The molecule has 1 aromatic heterocycles. The molecule has 1 fully saturated rings. The normalized spacial score (nSPS) is 14.9. The summed E-state index contributed by atoms with van der Waals surface area (Å²) in [6.45, 7) is 6.08. The van der Waals surface area contributed by atoms with Gasteiger partial charge in [0.15, 0.2) is 0 Å². The summed E-state index contributed by atoms with van der Waals surface area (Å²) >= 11 is 0. The third-order valence-corrected chi connectivity index (χ3v) is 4.53. The zero-order valence-corrected chi connectivity index (χ0v) is 15.5. The highest BCUT2D eigenvalue weighted by atomic mass is 16.6. The molecule has 10 heteroatoms. The van der Waals surface area contributed by atoms with Gasteiger partial charge in [0.25, 0.3) is 5.69 Å².